The van der Waals surface area contributed by atoms with Crippen LogP contribution in [0.2, 0.25) is 0 Å². The number of nitrogens with zero attached hydrogens (tertiary/aromatic N) is 1. The minimum absolute atomic E-state index is 0.00584. The summed E-state index contributed by atoms with van der Waals surface area (Å²) in [5.41, 5.74) is 1.35. The molecule has 0 aromatic heterocycles. The Morgan fingerprint density at radius 1 is 1.28 bits per heavy atom. The van der Waals surface area contributed by atoms with E-state index in [9.17, 15) is 18.5 Å². The number of aryl methyl sites for hydroxylation is 2. The highest BCUT2D eigenvalue weighted by Gasteiger charge is 2.17. The average molecular weight is 272 g/mol. The van der Waals surface area contributed by atoms with Crippen molar-refractivity contribution >= 4 is 21.4 Å². The Hall–Kier alpha value is -1.63. The Morgan fingerprint density at radius 3 is 2.39 bits per heavy atom. The first-order valence-electron chi connectivity index (χ1n) is 5.53. The van der Waals surface area contributed by atoms with E-state index in [1.165, 1.54) is 6.07 Å². The van der Waals surface area contributed by atoms with Crippen LogP contribution in [0.4, 0.5) is 11.4 Å². The average Bonchev–Trinajstić information content (AvgIpc) is 2.21. The van der Waals surface area contributed by atoms with Gasteiger partial charge in [0.2, 0.25) is 10.0 Å². The predicted octanol–water partition coefficient (Wildman–Crippen LogP) is 2.36. The predicted molar refractivity (Wildman–Crippen MR) is 70.3 cm³/mol. The van der Waals surface area contributed by atoms with Gasteiger partial charge in [-0.3, -0.25) is 14.8 Å². The van der Waals surface area contributed by atoms with Gasteiger partial charge in [0, 0.05) is 11.6 Å². The summed E-state index contributed by atoms with van der Waals surface area (Å²) in [7, 11) is -3.44. The molecule has 0 aliphatic heterocycles. The standard InChI is InChI=1S/C11H16N2O4S/c1-4-5-18(16,17)12-10-7-11(13(14)15)9(3)6-8(10)2/h6-7,12H,4-5H2,1-3H3. The van der Waals surface area contributed by atoms with Crippen molar-refractivity contribution in [1.82, 2.24) is 0 Å². The van der Waals surface area contributed by atoms with Crippen LogP contribution in [0, 0.1) is 24.0 Å². The summed E-state index contributed by atoms with van der Waals surface area (Å²) in [5.74, 6) is -0.00584. The van der Waals surface area contributed by atoms with Crippen molar-refractivity contribution in [1.29, 1.82) is 0 Å². The summed E-state index contributed by atoms with van der Waals surface area (Å²) in [6.07, 6.45) is 0.488. The fourth-order valence-electron chi connectivity index (χ4n) is 1.63. The summed E-state index contributed by atoms with van der Waals surface area (Å²) in [4.78, 5) is 10.3. The molecule has 1 N–H and O–H groups in total. The van der Waals surface area contributed by atoms with E-state index >= 15 is 0 Å². The van der Waals surface area contributed by atoms with E-state index in [0.717, 1.165) is 0 Å². The van der Waals surface area contributed by atoms with Crippen molar-refractivity contribution in [2.75, 3.05) is 10.5 Å². The number of sulfonamides is 1. The fourth-order valence-corrected chi connectivity index (χ4v) is 2.83. The van der Waals surface area contributed by atoms with Crippen molar-refractivity contribution in [3.63, 3.8) is 0 Å². The van der Waals surface area contributed by atoms with Crippen LogP contribution >= 0.6 is 0 Å². The molecule has 0 fully saturated rings. The molecule has 0 aliphatic rings. The lowest BCUT2D eigenvalue weighted by molar-refractivity contribution is -0.385. The maximum Gasteiger partial charge on any atom is 0.274 e. The van der Waals surface area contributed by atoms with Crippen LogP contribution in [0.25, 0.3) is 0 Å². The molecular formula is C11H16N2O4S. The Morgan fingerprint density at radius 2 is 1.89 bits per heavy atom. The van der Waals surface area contributed by atoms with Gasteiger partial charge in [-0.1, -0.05) is 6.92 Å². The first-order valence-corrected chi connectivity index (χ1v) is 7.18. The van der Waals surface area contributed by atoms with Crippen LogP contribution in [0.1, 0.15) is 24.5 Å². The third kappa shape index (κ3) is 3.43. The maximum absolute atomic E-state index is 11.6. The van der Waals surface area contributed by atoms with Crippen molar-refractivity contribution in [2.24, 2.45) is 0 Å². The SMILES string of the molecule is CCCS(=O)(=O)Nc1cc([N+](=O)[O-])c(C)cc1C. The number of hydrogen-bond acceptors (Lipinski definition) is 4. The lowest BCUT2D eigenvalue weighted by Gasteiger charge is -2.10. The van der Waals surface area contributed by atoms with Gasteiger partial charge in [-0.25, -0.2) is 8.42 Å². The summed E-state index contributed by atoms with van der Waals surface area (Å²) in [6.45, 7) is 5.08. The molecule has 7 heteroatoms. The number of hydrogen-bond donors (Lipinski definition) is 1. The summed E-state index contributed by atoms with van der Waals surface area (Å²) < 4.78 is 25.7. The van der Waals surface area contributed by atoms with E-state index in [1.54, 1.807) is 26.8 Å². The van der Waals surface area contributed by atoms with Crippen molar-refractivity contribution in [3.8, 4) is 0 Å². The Bertz CT molecular complexity index is 567. The number of benzene rings is 1. The monoisotopic (exact) mass is 272 g/mol. The molecule has 0 heterocycles. The highest BCUT2D eigenvalue weighted by atomic mass is 32.2. The molecule has 6 nitrogen and oxygen atoms in total. The summed E-state index contributed by atoms with van der Waals surface area (Å²) in [6, 6.07) is 2.86. The van der Waals surface area contributed by atoms with E-state index < -0.39 is 14.9 Å². The molecule has 0 saturated carbocycles. The number of rotatable bonds is 5. The highest BCUT2D eigenvalue weighted by Crippen LogP contribution is 2.27. The largest absolute Gasteiger partial charge is 0.283 e. The van der Waals surface area contributed by atoms with Crippen LogP contribution in [0.5, 0.6) is 0 Å². The molecule has 0 atom stereocenters. The van der Waals surface area contributed by atoms with Crippen molar-refractivity contribution in [2.45, 2.75) is 27.2 Å². The van der Waals surface area contributed by atoms with Crippen molar-refractivity contribution in [3.05, 3.63) is 33.4 Å². The molecule has 1 aromatic rings. The quantitative estimate of drug-likeness (QED) is 0.658. The van der Waals surface area contributed by atoms with Gasteiger partial charge in [0.1, 0.15) is 0 Å². The molecule has 0 amide bonds. The van der Waals surface area contributed by atoms with E-state index in [4.69, 9.17) is 0 Å². The van der Waals surface area contributed by atoms with Gasteiger partial charge in [-0.05, 0) is 31.9 Å². The highest BCUT2D eigenvalue weighted by molar-refractivity contribution is 7.92. The lowest BCUT2D eigenvalue weighted by Crippen LogP contribution is -2.17. The van der Waals surface area contributed by atoms with Gasteiger partial charge in [0.05, 0.1) is 16.4 Å². The van der Waals surface area contributed by atoms with Gasteiger partial charge < -0.3 is 0 Å². The molecule has 0 radical (unpaired) electrons. The third-order valence-corrected chi connectivity index (χ3v) is 3.95. The first kappa shape index (κ1) is 14.4. The minimum Gasteiger partial charge on any atom is -0.283 e. The topological polar surface area (TPSA) is 89.3 Å². The van der Waals surface area contributed by atoms with Crippen LogP contribution in [-0.4, -0.2) is 19.1 Å². The minimum atomic E-state index is -3.44. The number of nitro groups is 1. The number of nitrogens with one attached hydrogen (secondary N) is 1. The molecular weight excluding hydrogens is 256 g/mol. The summed E-state index contributed by atoms with van der Waals surface area (Å²) >= 11 is 0. The van der Waals surface area contributed by atoms with E-state index in [1.807, 2.05) is 0 Å². The second-order valence-electron chi connectivity index (χ2n) is 4.13. The molecule has 0 unspecified atom stereocenters. The van der Waals surface area contributed by atoms with E-state index in [0.29, 0.717) is 17.5 Å². The molecule has 1 aromatic carbocycles. The normalized spacial score (nSPS) is 11.3. The second kappa shape index (κ2) is 5.34. The van der Waals surface area contributed by atoms with Crippen LogP contribution < -0.4 is 4.72 Å². The molecule has 0 spiro atoms. The van der Waals surface area contributed by atoms with Gasteiger partial charge >= 0.3 is 0 Å². The first-order chi connectivity index (χ1) is 8.26. The van der Waals surface area contributed by atoms with E-state index in [2.05, 4.69) is 4.72 Å². The Kier molecular flexibility index (Phi) is 4.28. The Balaban J connectivity index is 3.18. The second-order valence-corrected chi connectivity index (χ2v) is 5.97. The molecule has 0 saturated heterocycles. The van der Waals surface area contributed by atoms with Crippen LogP contribution in [-0.2, 0) is 10.0 Å². The third-order valence-electron chi connectivity index (χ3n) is 2.48. The van der Waals surface area contributed by atoms with E-state index in [-0.39, 0.29) is 17.1 Å². The van der Waals surface area contributed by atoms with Gasteiger partial charge in [-0.2, -0.15) is 0 Å². The zero-order valence-electron chi connectivity index (χ0n) is 10.6. The zero-order valence-corrected chi connectivity index (χ0v) is 11.4. The van der Waals surface area contributed by atoms with Gasteiger partial charge in [0.15, 0.2) is 0 Å². The number of anilines is 1. The number of nitro benzene ring substituents is 1. The van der Waals surface area contributed by atoms with Gasteiger partial charge in [-0.15, -0.1) is 0 Å². The fraction of sp³-hybridized carbons (Fsp3) is 0.455. The molecule has 1 rings (SSSR count). The van der Waals surface area contributed by atoms with Crippen molar-refractivity contribution < 1.29 is 13.3 Å². The Labute approximate surface area is 106 Å². The molecule has 0 aliphatic carbocycles. The van der Waals surface area contributed by atoms with Crippen LogP contribution in [0.3, 0.4) is 0 Å². The molecule has 100 valence electrons. The lowest BCUT2D eigenvalue weighted by atomic mass is 10.1. The zero-order chi connectivity index (χ0) is 13.9. The molecule has 0 bridgehead atoms. The molecule has 18 heavy (non-hydrogen) atoms. The summed E-state index contributed by atoms with van der Waals surface area (Å²) in [5, 5.41) is 10.8. The maximum atomic E-state index is 11.6. The van der Waals surface area contributed by atoms with Gasteiger partial charge in [0.25, 0.3) is 5.69 Å². The van der Waals surface area contributed by atoms with Crippen LogP contribution in [0.15, 0.2) is 12.1 Å². The smallest absolute Gasteiger partial charge is 0.274 e.